The van der Waals surface area contributed by atoms with Gasteiger partial charge in [0, 0.05) is 26.2 Å². The molecular formula is C22H27N3O4. The van der Waals surface area contributed by atoms with Crippen LogP contribution < -0.4 is 15.4 Å². The van der Waals surface area contributed by atoms with Crippen molar-refractivity contribution in [3.8, 4) is 5.75 Å². The van der Waals surface area contributed by atoms with Crippen LogP contribution >= 0.6 is 0 Å². The summed E-state index contributed by atoms with van der Waals surface area (Å²) in [6, 6.07) is 15.5. The lowest BCUT2D eigenvalue weighted by Gasteiger charge is -2.33. The zero-order chi connectivity index (χ0) is 20.6. The van der Waals surface area contributed by atoms with E-state index in [4.69, 9.17) is 9.47 Å². The van der Waals surface area contributed by atoms with Gasteiger partial charge in [0.1, 0.15) is 5.75 Å². The molecule has 0 radical (unpaired) electrons. The summed E-state index contributed by atoms with van der Waals surface area (Å²) in [6.45, 7) is 5.14. The molecular weight excluding hydrogens is 370 g/mol. The maximum absolute atomic E-state index is 12.2. The summed E-state index contributed by atoms with van der Waals surface area (Å²) in [6.07, 6.45) is 0.0257. The smallest absolute Gasteiger partial charge is 0.313 e. The number of amides is 2. The van der Waals surface area contributed by atoms with Crippen LogP contribution in [0.4, 0.5) is 5.69 Å². The standard InChI is InChI=1S/C22H27N3O4/c1-16-8-9-19(28-2)18(14-16)24-22(27)21(26)23-10-11-25-12-13-29-20(15-25)17-6-4-3-5-7-17/h3-9,14,20H,10-13,15H2,1-2H3,(H,23,26)(H,24,27)/t20-/m0/s1. The zero-order valence-corrected chi connectivity index (χ0v) is 16.8. The van der Waals surface area contributed by atoms with Crippen molar-refractivity contribution in [2.24, 2.45) is 0 Å². The molecule has 3 rings (SSSR count). The predicted molar refractivity (Wildman–Crippen MR) is 111 cm³/mol. The molecule has 0 aromatic heterocycles. The lowest BCUT2D eigenvalue weighted by atomic mass is 10.1. The van der Waals surface area contributed by atoms with Crippen molar-refractivity contribution in [3.63, 3.8) is 0 Å². The van der Waals surface area contributed by atoms with Crippen LogP contribution in [0.5, 0.6) is 5.75 Å². The number of hydrogen-bond donors (Lipinski definition) is 2. The van der Waals surface area contributed by atoms with Crippen molar-refractivity contribution >= 4 is 17.5 Å². The number of aryl methyl sites for hydroxylation is 1. The van der Waals surface area contributed by atoms with Crippen molar-refractivity contribution in [2.75, 3.05) is 45.2 Å². The fourth-order valence-electron chi connectivity index (χ4n) is 3.28. The number of benzene rings is 2. The zero-order valence-electron chi connectivity index (χ0n) is 16.8. The lowest BCUT2D eigenvalue weighted by Crippen LogP contribution is -2.44. The van der Waals surface area contributed by atoms with Crippen molar-refractivity contribution in [2.45, 2.75) is 13.0 Å². The van der Waals surface area contributed by atoms with E-state index >= 15 is 0 Å². The van der Waals surface area contributed by atoms with E-state index in [0.717, 1.165) is 24.2 Å². The Bertz CT molecular complexity index is 841. The van der Waals surface area contributed by atoms with Gasteiger partial charge in [0.2, 0.25) is 0 Å². The number of rotatable bonds is 6. The normalized spacial score (nSPS) is 16.8. The third kappa shape index (κ3) is 5.79. The highest BCUT2D eigenvalue weighted by Gasteiger charge is 2.22. The molecule has 2 aromatic rings. The molecule has 0 unspecified atom stereocenters. The Balaban J connectivity index is 1.46. The Morgan fingerprint density at radius 2 is 1.97 bits per heavy atom. The summed E-state index contributed by atoms with van der Waals surface area (Å²) in [5.41, 5.74) is 2.58. The molecule has 1 aliphatic rings. The molecule has 0 spiro atoms. The molecule has 154 valence electrons. The number of hydrogen-bond acceptors (Lipinski definition) is 5. The van der Waals surface area contributed by atoms with Crippen LogP contribution in [0, 0.1) is 6.92 Å². The first kappa shape index (κ1) is 20.8. The van der Waals surface area contributed by atoms with E-state index in [9.17, 15) is 9.59 Å². The molecule has 0 aliphatic carbocycles. The molecule has 2 N–H and O–H groups in total. The van der Waals surface area contributed by atoms with Gasteiger partial charge in [-0.2, -0.15) is 0 Å². The molecule has 29 heavy (non-hydrogen) atoms. The van der Waals surface area contributed by atoms with Gasteiger partial charge in [0.05, 0.1) is 25.5 Å². The molecule has 1 fully saturated rings. The molecule has 7 nitrogen and oxygen atoms in total. The van der Waals surface area contributed by atoms with Gasteiger partial charge < -0.3 is 20.1 Å². The predicted octanol–water partition coefficient (Wildman–Crippen LogP) is 2.13. The van der Waals surface area contributed by atoms with Gasteiger partial charge in [0.25, 0.3) is 0 Å². The third-order valence-corrected chi connectivity index (χ3v) is 4.84. The molecule has 1 saturated heterocycles. The Hall–Kier alpha value is -2.90. The number of nitrogens with one attached hydrogen (secondary N) is 2. The van der Waals surface area contributed by atoms with Crippen LogP contribution in [0.15, 0.2) is 48.5 Å². The molecule has 2 amide bonds. The van der Waals surface area contributed by atoms with Gasteiger partial charge in [-0.1, -0.05) is 36.4 Å². The van der Waals surface area contributed by atoms with Crippen molar-refractivity contribution in [1.29, 1.82) is 0 Å². The van der Waals surface area contributed by atoms with Gasteiger partial charge >= 0.3 is 11.8 Å². The van der Waals surface area contributed by atoms with E-state index in [1.165, 1.54) is 7.11 Å². The number of methoxy groups -OCH3 is 1. The summed E-state index contributed by atoms with van der Waals surface area (Å²) >= 11 is 0. The minimum Gasteiger partial charge on any atom is -0.495 e. The quantitative estimate of drug-likeness (QED) is 0.730. The number of nitrogens with zero attached hydrogens (tertiary/aromatic N) is 1. The Morgan fingerprint density at radius 1 is 1.17 bits per heavy atom. The van der Waals surface area contributed by atoms with Crippen LogP contribution in [0.3, 0.4) is 0 Å². The number of ether oxygens (including phenoxy) is 2. The second kappa shape index (κ2) is 10.0. The van der Waals surface area contributed by atoms with Gasteiger partial charge in [0.15, 0.2) is 0 Å². The lowest BCUT2D eigenvalue weighted by molar-refractivity contribution is -0.136. The van der Waals surface area contributed by atoms with Crippen LogP contribution in [0.25, 0.3) is 0 Å². The van der Waals surface area contributed by atoms with E-state index in [1.807, 2.05) is 31.2 Å². The first-order valence-corrected chi connectivity index (χ1v) is 9.69. The molecule has 1 aliphatic heterocycles. The second-order valence-electron chi connectivity index (χ2n) is 6.98. The van der Waals surface area contributed by atoms with Gasteiger partial charge in [-0.15, -0.1) is 0 Å². The first-order chi connectivity index (χ1) is 14.1. The highest BCUT2D eigenvalue weighted by molar-refractivity contribution is 6.39. The number of morpholine rings is 1. The number of carbonyl (C=O) groups is 2. The summed E-state index contributed by atoms with van der Waals surface area (Å²) in [5, 5.41) is 5.29. The molecule has 2 aromatic carbocycles. The van der Waals surface area contributed by atoms with E-state index in [-0.39, 0.29) is 6.10 Å². The molecule has 0 saturated carbocycles. The SMILES string of the molecule is COc1ccc(C)cc1NC(=O)C(=O)NCCN1CCO[C@H](c2ccccc2)C1. The summed E-state index contributed by atoms with van der Waals surface area (Å²) in [7, 11) is 1.52. The molecule has 0 bridgehead atoms. The Labute approximate surface area is 171 Å². The number of anilines is 1. The van der Waals surface area contributed by atoms with Crippen LogP contribution in [0.2, 0.25) is 0 Å². The topological polar surface area (TPSA) is 79.9 Å². The van der Waals surface area contributed by atoms with Crippen LogP contribution in [-0.2, 0) is 14.3 Å². The summed E-state index contributed by atoms with van der Waals surface area (Å²) in [5.74, 6) is -0.864. The average Bonchev–Trinajstić information content (AvgIpc) is 2.74. The van der Waals surface area contributed by atoms with E-state index in [0.29, 0.717) is 31.1 Å². The van der Waals surface area contributed by atoms with E-state index < -0.39 is 11.8 Å². The average molecular weight is 397 g/mol. The largest absolute Gasteiger partial charge is 0.495 e. The van der Waals surface area contributed by atoms with Crippen molar-refractivity contribution in [1.82, 2.24) is 10.2 Å². The molecule has 1 heterocycles. The monoisotopic (exact) mass is 397 g/mol. The van der Waals surface area contributed by atoms with E-state index in [2.05, 4.69) is 27.7 Å². The van der Waals surface area contributed by atoms with Crippen LogP contribution in [0.1, 0.15) is 17.2 Å². The Morgan fingerprint density at radius 3 is 2.72 bits per heavy atom. The fraction of sp³-hybridized carbons (Fsp3) is 0.364. The molecule has 1 atom stereocenters. The second-order valence-corrected chi connectivity index (χ2v) is 6.98. The van der Waals surface area contributed by atoms with Crippen molar-refractivity contribution in [3.05, 3.63) is 59.7 Å². The Kier molecular flexibility index (Phi) is 7.21. The van der Waals surface area contributed by atoms with Gasteiger partial charge in [-0.05, 0) is 30.2 Å². The summed E-state index contributed by atoms with van der Waals surface area (Å²) < 4.78 is 11.1. The first-order valence-electron chi connectivity index (χ1n) is 9.69. The van der Waals surface area contributed by atoms with E-state index in [1.54, 1.807) is 12.1 Å². The maximum atomic E-state index is 12.2. The number of carbonyl (C=O) groups excluding carboxylic acids is 2. The highest BCUT2D eigenvalue weighted by Crippen LogP contribution is 2.25. The highest BCUT2D eigenvalue weighted by atomic mass is 16.5. The minimum absolute atomic E-state index is 0.0257. The van der Waals surface area contributed by atoms with Crippen LogP contribution in [-0.4, -0.2) is 56.6 Å². The fourth-order valence-corrected chi connectivity index (χ4v) is 3.28. The summed E-state index contributed by atoms with van der Waals surface area (Å²) in [4.78, 5) is 26.6. The van der Waals surface area contributed by atoms with Gasteiger partial charge in [-0.3, -0.25) is 14.5 Å². The molecule has 7 heteroatoms. The minimum atomic E-state index is -0.710. The van der Waals surface area contributed by atoms with Gasteiger partial charge in [-0.25, -0.2) is 0 Å². The van der Waals surface area contributed by atoms with Crippen molar-refractivity contribution < 1.29 is 19.1 Å². The maximum Gasteiger partial charge on any atom is 0.313 e. The third-order valence-electron chi connectivity index (χ3n) is 4.84.